The van der Waals surface area contributed by atoms with Gasteiger partial charge >= 0.3 is 11.9 Å². The Morgan fingerprint density at radius 1 is 0.553 bits per heavy atom. The van der Waals surface area contributed by atoms with E-state index < -0.39 is 65.3 Å². The molecule has 4 N–H and O–H groups in total. The van der Waals surface area contributed by atoms with Crippen LogP contribution in [0, 0.1) is 21.4 Å². The summed E-state index contributed by atoms with van der Waals surface area (Å²) < 4.78 is 1.53. The van der Waals surface area contributed by atoms with E-state index in [2.05, 4.69) is 0 Å². The summed E-state index contributed by atoms with van der Waals surface area (Å²) in [4.78, 5) is 109. The van der Waals surface area contributed by atoms with E-state index in [-0.39, 0.29) is 54.8 Å². The summed E-state index contributed by atoms with van der Waals surface area (Å²) in [5, 5.41) is -0.762. The number of hydroxylamine groups is 4. The molecule has 0 aromatic heterocycles. The second-order valence-corrected chi connectivity index (χ2v) is 16.0. The number of nitrogens with zero attached hydrogens (tertiary/aromatic N) is 2. The van der Waals surface area contributed by atoms with Gasteiger partial charge in [0, 0.05) is 35.5 Å². The lowest BCUT2D eigenvalue weighted by atomic mass is 10.0. The fourth-order valence-electron chi connectivity index (χ4n) is 3.63. The predicted molar refractivity (Wildman–Crippen MR) is 216 cm³/mol. The van der Waals surface area contributed by atoms with Crippen molar-refractivity contribution in [2.75, 3.05) is 14.1 Å². The van der Waals surface area contributed by atoms with Crippen LogP contribution in [-0.4, -0.2) is 70.3 Å². The summed E-state index contributed by atoms with van der Waals surface area (Å²) in [6.07, 6.45) is -1.89. The van der Waals surface area contributed by atoms with Gasteiger partial charge < -0.3 is 21.1 Å². The lowest BCUT2D eigenvalue weighted by Crippen LogP contribution is -2.37. The van der Waals surface area contributed by atoms with Crippen molar-refractivity contribution in [1.29, 1.82) is 0 Å². The Hall–Kier alpha value is -0.440. The van der Waals surface area contributed by atoms with Crippen LogP contribution in [0.2, 0.25) is 0 Å². The zero-order valence-electron chi connectivity index (χ0n) is 23.3. The standard InChI is InChI=1S/C25H16Cl2I6N4O10/c1-36(46-10(40)3-6-16(28)12(22(26)42)20(32)14(18(6)30)24(34)44)8(38)5-9(39)37(2)47-11(41)4-7-17(29)13(23(27)43)21(33)15(19(7)31)25(35)45/h3-5H2,1-2H3,(H2,34,44)(H2,35,45). The number of primary amides is 2. The topological polar surface area (TPSA) is 214 Å². The van der Waals surface area contributed by atoms with Crippen LogP contribution in [0.15, 0.2) is 0 Å². The fraction of sp³-hybridized carbons (Fsp3) is 0.200. The molecule has 0 radical (unpaired) electrons. The van der Waals surface area contributed by atoms with Crippen molar-refractivity contribution in [2.45, 2.75) is 19.3 Å². The number of halogens is 8. The number of rotatable bonds is 10. The molecule has 0 unspecified atom stereocenters. The number of hydrogen-bond acceptors (Lipinski definition) is 10. The molecule has 0 heterocycles. The molecule has 0 fully saturated rings. The Morgan fingerprint density at radius 3 is 1.09 bits per heavy atom. The summed E-state index contributed by atoms with van der Waals surface area (Å²) in [5.74, 6) is -5.67. The molecule has 0 bridgehead atoms. The second-order valence-electron chi connectivity index (χ2n) is 8.86. The highest BCUT2D eigenvalue weighted by Gasteiger charge is 2.30. The molecular formula is C25H16Cl2I6N4O10. The molecule has 14 nitrogen and oxygen atoms in total. The van der Waals surface area contributed by atoms with Gasteiger partial charge in [0.25, 0.3) is 34.1 Å². The highest BCUT2D eigenvalue weighted by atomic mass is 127. The Labute approximate surface area is 357 Å². The number of carbonyl (C=O) groups is 8. The highest BCUT2D eigenvalue weighted by Crippen LogP contribution is 2.35. The maximum Gasteiger partial charge on any atom is 0.336 e. The summed E-state index contributed by atoms with van der Waals surface area (Å²) >= 11 is 22.1. The van der Waals surface area contributed by atoms with Gasteiger partial charge in [-0.25, -0.2) is 9.59 Å². The van der Waals surface area contributed by atoms with E-state index in [9.17, 15) is 38.4 Å². The van der Waals surface area contributed by atoms with Crippen LogP contribution in [0.25, 0.3) is 0 Å². The average Bonchev–Trinajstić information content (AvgIpc) is 2.92. The van der Waals surface area contributed by atoms with Crippen LogP contribution in [-0.2, 0) is 41.7 Å². The maximum atomic E-state index is 12.7. The molecule has 4 amide bonds. The zero-order valence-corrected chi connectivity index (χ0v) is 37.7. The third kappa shape index (κ3) is 10.3. The Kier molecular flexibility index (Phi) is 16.5. The lowest BCUT2D eigenvalue weighted by Gasteiger charge is -2.20. The van der Waals surface area contributed by atoms with Gasteiger partial charge in [-0.15, -0.1) is 0 Å². The molecule has 0 aliphatic heterocycles. The third-order valence-corrected chi connectivity index (χ3v) is 13.1. The van der Waals surface area contributed by atoms with E-state index in [0.717, 1.165) is 14.1 Å². The van der Waals surface area contributed by atoms with Crippen molar-refractivity contribution in [3.05, 3.63) is 54.8 Å². The van der Waals surface area contributed by atoms with Crippen LogP contribution in [0.5, 0.6) is 0 Å². The molecule has 0 spiro atoms. The van der Waals surface area contributed by atoms with Gasteiger partial charge in [0.1, 0.15) is 6.42 Å². The number of amides is 4. The minimum Gasteiger partial charge on any atom is -0.366 e. The first-order chi connectivity index (χ1) is 21.6. The quantitative estimate of drug-likeness (QED) is 0.149. The van der Waals surface area contributed by atoms with Crippen molar-refractivity contribution >= 4 is 205 Å². The van der Waals surface area contributed by atoms with E-state index >= 15 is 0 Å². The zero-order chi connectivity index (χ0) is 36.2. The molecular weight excluding hydrogens is 1350 g/mol. The molecule has 22 heteroatoms. The molecule has 2 aromatic carbocycles. The number of nitrogens with two attached hydrogens (primary N) is 2. The van der Waals surface area contributed by atoms with E-state index in [1.165, 1.54) is 0 Å². The number of benzene rings is 2. The summed E-state index contributed by atoms with van der Waals surface area (Å²) in [6.45, 7) is 0. The van der Waals surface area contributed by atoms with E-state index in [4.69, 9.17) is 44.3 Å². The average molecular weight is 1360 g/mol. The molecule has 0 saturated heterocycles. The molecule has 0 aliphatic carbocycles. The summed E-state index contributed by atoms with van der Waals surface area (Å²) in [6, 6.07) is 0. The molecule has 47 heavy (non-hydrogen) atoms. The van der Waals surface area contributed by atoms with E-state index in [1.54, 1.807) is 136 Å². The molecule has 2 aromatic rings. The largest absolute Gasteiger partial charge is 0.366 e. The van der Waals surface area contributed by atoms with Gasteiger partial charge in [0.2, 0.25) is 0 Å². The summed E-state index contributed by atoms with van der Waals surface area (Å²) in [5.41, 5.74) is 11.3. The van der Waals surface area contributed by atoms with Crippen LogP contribution < -0.4 is 11.5 Å². The summed E-state index contributed by atoms with van der Waals surface area (Å²) in [7, 11) is 2.14. The van der Waals surface area contributed by atoms with Gasteiger partial charge in [-0.3, -0.25) is 28.8 Å². The van der Waals surface area contributed by atoms with Crippen molar-refractivity contribution in [2.24, 2.45) is 11.5 Å². The van der Waals surface area contributed by atoms with E-state index in [0.29, 0.717) is 10.1 Å². The van der Waals surface area contributed by atoms with Crippen molar-refractivity contribution in [3.63, 3.8) is 0 Å². The molecule has 0 aliphatic rings. The van der Waals surface area contributed by atoms with Crippen LogP contribution in [0.4, 0.5) is 0 Å². The van der Waals surface area contributed by atoms with Crippen LogP contribution in [0.3, 0.4) is 0 Å². The van der Waals surface area contributed by atoms with Gasteiger partial charge in [0.05, 0.1) is 35.1 Å². The van der Waals surface area contributed by atoms with E-state index in [1.807, 2.05) is 0 Å². The predicted octanol–water partition coefficient (Wildman–Crippen LogP) is 4.28. The van der Waals surface area contributed by atoms with Crippen molar-refractivity contribution in [3.8, 4) is 0 Å². The van der Waals surface area contributed by atoms with Gasteiger partial charge in [-0.1, -0.05) is 0 Å². The van der Waals surface area contributed by atoms with Crippen molar-refractivity contribution in [1.82, 2.24) is 10.1 Å². The fourth-order valence-corrected chi connectivity index (χ4v) is 13.8. The number of carbonyl (C=O) groups excluding carboxylic acids is 8. The van der Waals surface area contributed by atoms with Crippen LogP contribution >= 0.6 is 159 Å². The Bertz CT molecular complexity index is 1570. The second kappa shape index (κ2) is 18.2. The monoisotopic (exact) mass is 1360 g/mol. The third-order valence-electron chi connectivity index (χ3n) is 5.83. The van der Waals surface area contributed by atoms with Crippen molar-refractivity contribution < 1.29 is 48.0 Å². The molecule has 0 atom stereocenters. The smallest absolute Gasteiger partial charge is 0.336 e. The van der Waals surface area contributed by atoms with Crippen LogP contribution in [0.1, 0.15) is 59.0 Å². The lowest BCUT2D eigenvalue weighted by molar-refractivity contribution is -0.199. The van der Waals surface area contributed by atoms with Gasteiger partial charge in [-0.05, 0) is 170 Å². The Balaban J connectivity index is 2.14. The van der Waals surface area contributed by atoms with Gasteiger partial charge in [-0.2, -0.15) is 10.1 Å². The first-order valence-electron chi connectivity index (χ1n) is 12.0. The normalized spacial score (nSPS) is 10.6. The van der Waals surface area contributed by atoms with Gasteiger partial charge in [0.15, 0.2) is 0 Å². The first kappa shape index (κ1) is 42.7. The minimum atomic E-state index is -0.995. The molecule has 0 saturated carbocycles. The SMILES string of the molecule is CN(OC(=O)Cc1c(I)c(C(N)=O)c(I)c(C(=O)Cl)c1I)C(=O)CC(=O)N(C)OC(=O)Cc1c(I)c(C(N)=O)c(I)c(C(=O)Cl)c1I. The first-order valence-corrected chi connectivity index (χ1v) is 19.2. The molecule has 2 rings (SSSR count). The number of hydrogen-bond donors (Lipinski definition) is 2. The maximum absolute atomic E-state index is 12.7. The minimum absolute atomic E-state index is 0.0150. The highest BCUT2D eigenvalue weighted by molar-refractivity contribution is 14.1. The molecule has 252 valence electrons. The Morgan fingerprint density at radius 2 is 0.830 bits per heavy atom.